The summed E-state index contributed by atoms with van der Waals surface area (Å²) in [5.74, 6) is 0.591. The lowest BCUT2D eigenvalue weighted by atomic mass is 10.1. The minimum atomic E-state index is -0.469. The molecule has 2 rings (SSSR count). The molecule has 1 atom stereocenters. The quantitative estimate of drug-likeness (QED) is 0.712. The number of para-hydroxylation sites is 1. The van der Waals surface area contributed by atoms with Crippen LogP contribution >= 0.6 is 35.0 Å². The molecule has 7 heteroatoms. The van der Waals surface area contributed by atoms with Crippen molar-refractivity contribution in [1.29, 1.82) is 0 Å². The number of rotatable bonds is 5. The van der Waals surface area contributed by atoms with Crippen LogP contribution in [0.25, 0.3) is 0 Å². The fraction of sp³-hybridized carbons (Fsp3) is 0.286. The zero-order chi connectivity index (χ0) is 15.4. The third kappa shape index (κ3) is 3.99. The molecule has 0 aliphatic heterocycles. The van der Waals surface area contributed by atoms with Crippen LogP contribution in [-0.4, -0.2) is 16.0 Å². The van der Waals surface area contributed by atoms with Crippen molar-refractivity contribution < 1.29 is 9.13 Å². The van der Waals surface area contributed by atoms with Gasteiger partial charge in [-0.1, -0.05) is 42.3 Å². The maximum atomic E-state index is 14.1. The first-order valence-corrected chi connectivity index (χ1v) is 8.10. The number of hydrogen-bond donors (Lipinski definition) is 0. The summed E-state index contributed by atoms with van der Waals surface area (Å²) in [7, 11) is 0. The summed E-state index contributed by atoms with van der Waals surface area (Å²) in [5, 5.41) is 7.82. The van der Waals surface area contributed by atoms with Gasteiger partial charge in [0.25, 0.3) is 5.88 Å². The van der Waals surface area contributed by atoms with Crippen molar-refractivity contribution in [3.63, 3.8) is 0 Å². The largest absolute Gasteiger partial charge is 0.433 e. The van der Waals surface area contributed by atoms with E-state index in [-0.39, 0.29) is 27.1 Å². The van der Waals surface area contributed by atoms with E-state index in [1.165, 1.54) is 12.1 Å². The number of benzene rings is 1. The molecule has 0 saturated heterocycles. The monoisotopic (exact) mass is 346 g/mol. The first-order valence-electron chi connectivity index (χ1n) is 6.29. The second-order valence-corrected chi connectivity index (χ2v) is 6.59. The van der Waals surface area contributed by atoms with Crippen molar-refractivity contribution in [2.75, 3.05) is 5.75 Å². The summed E-state index contributed by atoms with van der Waals surface area (Å²) in [5.41, 5.74) is 0.745. The van der Waals surface area contributed by atoms with E-state index in [1.54, 1.807) is 17.8 Å². The number of thioether (sulfide) groups is 1. The Bertz CT molecular complexity index is 642. The van der Waals surface area contributed by atoms with Gasteiger partial charge in [-0.2, -0.15) is 11.8 Å². The van der Waals surface area contributed by atoms with Crippen molar-refractivity contribution in [1.82, 2.24) is 10.2 Å². The highest BCUT2D eigenvalue weighted by Crippen LogP contribution is 2.39. The van der Waals surface area contributed by atoms with E-state index in [1.807, 2.05) is 19.9 Å². The highest BCUT2D eigenvalue weighted by atomic mass is 35.5. The molecule has 0 fully saturated rings. The lowest BCUT2D eigenvalue weighted by Crippen LogP contribution is -2.00. The Labute approximate surface area is 136 Å². The van der Waals surface area contributed by atoms with E-state index in [4.69, 9.17) is 27.9 Å². The van der Waals surface area contributed by atoms with Crippen LogP contribution in [0.4, 0.5) is 4.39 Å². The minimum absolute atomic E-state index is 0.0288. The Morgan fingerprint density at radius 3 is 2.76 bits per heavy atom. The molecule has 0 N–H and O–H groups in total. The molecule has 1 aromatic heterocycles. The van der Waals surface area contributed by atoms with Crippen LogP contribution < -0.4 is 4.74 Å². The van der Waals surface area contributed by atoms with E-state index in [0.717, 1.165) is 11.3 Å². The number of aromatic nitrogens is 2. The van der Waals surface area contributed by atoms with Crippen molar-refractivity contribution in [3.05, 3.63) is 45.8 Å². The van der Waals surface area contributed by atoms with Crippen molar-refractivity contribution in [3.8, 4) is 11.6 Å². The van der Waals surface area contributed by atoms with Crippen LogP contribution in [0, 0.1) is 5.82 Å². The zero-order valence-electron chi connectivity index (χ0n) is 11.4. The Morgan fingerprint density at radius 1 is 1.33 bits per heavy atom. The van der Waals surface area contributed by atoms with Crippen molar-refractivity contribution in [2.24, 2.45) is 0 Å². The molecule has 2 aromatic rings. The molecule has 0 aliphatic carbocycles. The number of halogens is 3. The lowest BCUT2D eigenvalue weighted by Gasteiger charge is -2.16. The summed E-state index contributed by atoms with van der Waals surface area (Å²) in [4.78, 5) is 0. The molecule has 1 unspecified atom stereocenters. The highest BCUT2D eigenvalue weighted by molar-refractivity contribution is 7.99. The predicted octanol–water partition coefficient (Wildman–Crippen LogP) is 5.53. The van der Waals surface area contributed by atoms with E-state index >= 15 is 0 Å². The Hall–Kier alpha value is -1.04. The van der Waals surface area contributed by atoms with Crippen LogP contribution in [0.15, 0.2) is 24.3 Å². The van der Waals surface area contributed by atoms with Gasteiger partial charge in [-0.3, -0.25) is 0 Å². The van der Waals surface area contributed by atoms with Crippen molar-refractivity contribution >= 4 is 35.0 Å². The summed E-state index contributed by atoms with van der Waals surface area (Å²) >= 11 is 13.4. The molecule has 0 bridgehead atoms. The summed E-state index contributed by atoms with van der Waals surface area (Å²) < 4.78 is 19.6. The van der Waals surface area contributed by atoms with Gasteiger partial charge in [0.05, 0.1) is 0 Å². The molecule has 112 valence electrons. The number of ether oxygens (including phenoxy) is 1. The fourth-order valence-corrected chi connectivity index (χ4v) is 3.04. The second-order valence-electron chi connectivity index (χ2n) is 4.18. The first kappa shape index (κ1) is 16.3. The Balaban J connectivity index is 2.38. The molecule has 0 spiro atoms. The van der Waals surface area contributed by atoms with Crippen LogP contribution in [0.1, 0.15) is 24.7 Å². The molecule has 0 amide bonds. The van der Waals surface area contributed by atoms with E-state index in [2.05, 4.69) is 10.2 Å². The molecule has 0 saturated carbocycles. The molecular weight excluding hydrogens is 334 g/mol. The maximum absolute atomic E-state index is 14.1. The molecule has 21 heavy (non-hydrogen) atoms. The summed E-state index contributed by atoms with van der Waals surface area (Å²) in [6.45, 7) is 4.04. The van der Waals surface area contributed by atoms with Crippen LogP contribution in [0.5, 0.6) is 11.6 Å². The van der Waals surface area contributed by atoms with Gasteiger partial charge in [0, 0.05) is 16.9 Å². The van der Waals surface area contributed by atoms with Gasteiger partial charge in [-0.15, -0.1) is 10.2 Å². The molecule has 1 aromatic carbocycles. The third-order valence-electron chi connectivity index (χ3n) is 2.74. The van der Waals surface area contributed by atoms with Crippen LogP contribution in [0.3, 0.4) is 0 Å². The normalized spacial score (nSPS) is 12.2. The second kappa shape index (κ2) is 7.29. The van der Waals surface area contributed by atoms with Gasteiger partial charge in [0.1, 0.15) is 5.02 Å². The maximum Gasteiger partial charge on any atom is 0.258 e. The zero-order valence-corrected chi connectivity index (χ0v) is 13.8. The number of nitrogens with zero attached hydrogens (tertiary/aromatic N) is 2. The highest BCUT2D eigenvalue weighted by Gasteiger charge is 2.18. The third-order valence-corrected chi connectivity index (χ3v) is 4.28. The van der Waals surface area contributed by atoms with Crippen molar-refractivity contribution in [2.45, 2.75) is 19.1 Å². The molecule has 0 radical (unpaired) electrons. The topological polar surface area (TPSA) is 35.0 Å². The van der Waals surface area contributed by atoms with E-state index in [9.17, 15) is 4.39 Å². The standard InChI is InChI=1S/C14H13Cl2FN2OS/c1-3-21-8(2)9-5-4-6-11(17)13(9)20-14-10(15)7-12(16)18-19-14/h4-8H,3H2,1-2H3. The van der Waals surface area contributed by atoms with Crippen LogP contribution in [0.2, 0.25) is 10.2 Å². The molecule has 0 aliphatic rings. The predicted molar refractivity (Wildman–Crippen MR) is 85.1 cm³/mol. The van der Waals surface area contributed by atoms with Gasteiger partial charge in [-0.05, 0) is 18.7 Å². The molecule has 3 nitrogen and oxygen atoms in total. The van der Waals surface area contributed by atoms with Gasteiger partial charge < -0.3 is 4.74 Å². The van der Waals surface area contributed by atoms with E-state index in [0.29, 0.717) is 0 Å². The average molecular weight is 347 g/mol. The van der Waals surface area contributed by atoms with Gasteiger partial charge in [0.15, 0.2) is 16.7 Å². The minimum Gasteiger partial charge on any atom is -0.433 e. The molecule has 1 heterocycles. The van der Waals surface area contributed by atoms with Gasteiger partial charge in [-0.25, -0.2) is 4.39 Å². The van der Waals surface area contributed by atoms with E-state index < -0.39 is 5.82 Å². The molecular formula is C14H13Cl2FN2OS. The lowest BCUT2D eigenvalue weighted by molar-refractivity contribution is 0.417. The van der Waals surface area contributed by atoms with Gasteiger partial charge in [0.2, 0.25) is 0 Å². The Kier molecular flexibility index (Phi) is 5.67. The summed E-state index contributed by atoms with van der Waals surface area (Å²) in [6, 6.07) is 6.21. The number of hydrogen-bond acceptors (Lipinski definition) is 4. The SMILES string of the molecule is CCSC(C)c1cccc(F)c1Oc1nnc(Cl)cc1Cl. The van der Waals surface area contributed by atoms with Gasteiger partial charge >= 0.3 is 0 Å². The smallest absolute Gasteiger partial charge is 0.258 e. The fourth-order valence-electron chi connectivity index (χ4n) is 1.80. The first-order chi connectivity index (χ1) is 10.0. The Morgan fingerprint density at radius 2 is 2.10 bits per heavy atom. The summed E-state index contributed by atoms with van der Waals surface area (Å²) in [6.07, 6.45) is 0. The van der Waals surface area contributed by atoms with Crippen LogP contribution in [-0.2, 0) is 0 Å². The average Bonchev–Trinajstić information content (AvgIpc) is 2.43.